The molecule has 3 aromatic rings. The second-order valence-electron chi connectivity index (χ2n) is 7.39. The molecule has 0 fully saturated rings. The highest BCUT2D eigenvalue weighted by atomic mass is 35.5. The minimum Gasteiger partial charge on any atom is -0.496 e. The number of carbonyl (C=O) groups excluding carboxylic acids is 1. The molecule has 1 aromatic heterocycles. The van der Waals surface area contributed by atoms with Gasteiger partial charge in [0.25, 0.3) is 5.56 Å². The average molecular weight is 471 g/mol. The van der Waals surface area contributed by atoms with Crippen molar-refractivity contribution in [1.29, 1.82) is 0 Å². The van der Waals surface area contributed by atoms with E-state index in [1.807, 2.05) is 24.3 Å². The molecule has 0 aliphatic carbocycles. The number of benzene rings is 2. The molecular formula is C23H23ClN4O3S. The SMILES string of the molecule is COc1ccccc1CN1CCc2nc(SCC(=O)Nc3ccccc3Cl)[nH]c(=O)c2C1. The van der Waals surface area contributed by atoms with Crippen molar-refractivity contribution in [2.45, 2.75) is 24.7 Å². The molecule has 2 aromatic carbocycles. The number of halogens is 1. The molecule has 1 amide bonds. The first-order valence-corrected chi connectivity index (χ1v) is 11.5. The molecular weight excluding hydrogens is 448 g/mol. The predicted molar refractivity (Wildman–Crippen MR) is 126 cm³/mol. The van der Waals surface area contributed by atoms with Crippen molar-refractivity contribution in [3.8, 4) is 5.75 Å². The highest BCUT2D eigenvalue weighted by Gasteiger charge is 2.22. The summed E-state index contributed by atoms with van der Waals surface area (Å²) in [4.78, 5) is 34.6. The van der Waals surface area contributed by atoms with E-state index in [2.05, 4.69) is 20.2 Å². The van der Waals surface area contributed by atoms with E-state index in [4.69, 9.17) is 16.3 Å². The van der Waals surface area contributed by atoms with Crippen LogP contribution in [0.15, 0.2) is 58.5 Å². The first kappa shape index (κ1) is 22.4. The number of nitrogens with one attached hydrogen (secondary N) is 2. The van der Waals surface area contributed by atoms with Crippen LogP contribution in [0.3, 0.4) is 0 Å². The van der Waals surface area contributed by atoms with E-state index >= 15 is 0 Å². The second-order valence-corrected chi connectivity index (χ2v) is 8.76. The summed E-state index contributed by atoms with van der Waals surface area (Å²) in [7, 11) is 1.66. The largest absolute Gasteiger partial charge is 0.496 e. The number of aromatic amines is 1. The summed E-state index contributed by atoms with van der Waals surface area (Å²) in [6, 6.07) is 14.9. The summed E-state index contributed by atoms with van der Waals surface area (Å²) in [6.45, 7) is 2.01. The standard InChI is InChI=1S/C23H23ClN4O3S/c1-31-20-9-5-2-6-15(20)12-28-11-10-18-16(13-28)22(30)27-23(26-18)32-14-21(29)25-19-8-4-3-7-17(19)24/h2-9H,10-14H2,1H3,(H,25,29)(H,26,27,30). The van der Waals surface area contributed by atoms with Gasteiger partial charge in [-0.15, -0.1) is 0 Å². The number of ether oxygens (including phenoxy) is 1. The maximum Gasteiger partial charge on any atom is 0.256 e. The molecule has 166 valence electrons. The van der Waals surface area contributed by atoms with Crippen LogP contribution in [0.4, 0.5) is 5.69 Å². The molecule has 0 radical (unpaired) electrons. The van der Waals surface area contributed by atoms with E-state index in [1.54, 1.807) is 31.4 Å². The van der Waals surface area contributed by atoms with E-state index in [0.29, 0.717) is 40.9 Å². The molecule has 0 bridgehead atoms. The Kier molecular flexibility index (Phi) is 7.14. The van der Waals surface area contributed by atoms with E-state index in [0.717, 1.165) is 23.6 Å². The van der Waals surface area contributed by atoms with Gasteiger partial charge in [0.05, 0.1) is 34.8 Å². The van der Waals surface area contributed by atoms with Crippen LogP contribution in [0.25, 0.3) is 0 Å². The van der Waals surface area contributed by atoms with Gasteiger partial charge in [0.1, 0.15) is 5.75 Å². The first-order valence-electron chi connectivity index (χ1n) is 10.2. The van der Waals surface area contributed by atoms with Gasteiger partial charge < -0.3 is 15.0 Å². The van der Waals surface area contributed by atoms with Gasteiger partial charge in [-0.25, -0.2) is 4.98 Å². The third-order valence-corrected chi connectivity index (χ3v) is 6.40. The predicted octanol–water partition coefficient (Wildman–Crippen LogP) is 3.72. The number of anilines is 1. The number of methoxy groups -OCH3 is 1. The quantitative estimate of drug-likeness (QED) is 0.404. The molecule has 0 spiro atoms. The number of nitrogens with zero attached hydrogens (tertiary/aromatic N) is 2. The maximum atomic E-state index is 12.7. The first-order chi connectivity index (χ1) is 15.5. The van der Waals surface area contributed by atoms with Gasteiger partial charge >= 0.3 is 0 Å². The van der Waals surface area contributed by atoms with Gasteiger partial charge in [0, 0.05) is 31.6 Å². The van der Waals surface area contributed by atoms with Crippen LogP contribution in [-0.4, -0.2) is 40.2 Å². The van der Waals surface area contributed by atoms with Crippen molar-refractivity contribution in [2.24, 2.45) is 0 Å². The fourth-order valence-corrected chi connectivity index (χ4v) is 4.48. The zero-order valence-corrected chi connectivity index (χ0v) is 19.1. The number of hydrogen-bond acceptors (Lipinski definition) is 6. The number of rotatable bonds is 7. The van der Waals surface area contributed by atoms with Crippen molar-refractivity contribution in [1.82, 2.24) is 14.9 Å². The van der Waals surface area contributed by atoms with Gasteiger partial charge in [0.2, 0.25) is 5.91 Å². The number of aromatic nitrogens is 2. The highest BCUT2D eigenvalue weighted by Crippen LogP contribution is 2.24. The monoisotopic (exact) mass is 470 g/mol. The third kappa shape index (κ3) is 5.32. The molecule has 1 aliphatic heterocycles. The minimum absolute atomic E-state index is 0.118. The normalized spacial score (nSPS) is 13.4. The van der Waals surface area contributed by atoms with Crippen LogP contribution in [-0.2, 0) is 24.3 Å². The summed E-state index contributed by atoms with van der Waals surface area (Å²) in [5.74, 6) is 0.742. The number of fused-ring (bicyclic) bond motifs is 1. The molecule has 7 nitrogen and oxygen atoms in total. The van der Waals surface area contributed by atoms with Crippen LogP contribution >= 0.6 is 23.4 Å². The molecule has 0 saturated carbocycles. The van der Waals surface area contributed by atoms with Gasteiger partial charge in [-0.2, -0.15) is 0 Å². The number of H-pyrrole nitrogens is 1. The average Bonchev–Trinajstić information content (AvgIpc) is 2.80. The van der Waals surface area contributed by atoms with Crippen LogP contribution in [0.1, 0.15) is 16.8 Å². The van der Waals surface area contributed by atoms with Gasteiger partial charge in [0.15, 0.2) is 5.16 Å². The number of carbonyl (C=O) groups is 1. The lowest BCUT2D eigenvalue weighted by Crippen LogP contribution is -2.35. The Balaban J connectivity index is 1.39. The maximum absolute atomic E-state index is 12.7. The number of hydrogen-bond donors (Lipinski definition) is 2. The summed E-state index contributed by atoms with van der Waals surface area (Å²) >= 11 is 7.27. The van der Waals surface area contributed by atoms with Crippen molar-refractivity contribution in [3.63, 3.8) is 0 Å². The summed E-state index contributed by atoms with van der Waals surface area (Å²) in [5, 5.41) is 3.69. The Morgan fingerprint density at radius 3 is 2.84 bits per heavy atom. The summed E-state index contributed by atoms with van der Waals surface area (Å²) < 4.78 is 5.44. The Hall–Kier alpha value is -2.81. The Morgan fingerprint density at radius 2 is 2.03 bits per heavy atom. The van der Waals surface area contributed by atoms with Gasteiger partial charge in [-0.1, -0.05) is 53.7 Å². The van der Waals surface area contributed by atoms with Crippen molar-refractivity contribution in [3.05, 3.63) is 80.7 Å². The molecule has 32 heavy (non-hydrogen) atoms. The van der Waals surface area contributed by atoms with Crippen LogP contribution < -0.4 is 15.6 Å². The van der Waals surface area contributed by atoms with Gasteiger partial charge in [-0.3, -0.25) is 14.5 Å². The highest BCUT2D eigenvalue weighted by molar-refractivity contribution is 7.99. The zero-order chi connectivity index (χ0) is 22.5. The van der Waals surface area contributed by atoms with Gasteiger partial charge in [-0.05, 0) is 18.2 Å². The molecule has 2 heterocycles. The lowest BCUT2D eigenvalue weighted by atomic mass is 10.1. The smallest absolute Gasteiger partial charge is 0.256 e. The number of thioether (sulfide) groups is 1. The fraction of sp³-hybridized carbons (Fsp3) is 0.261. The Morgan fingerprint density at radius 1 is 1.25 bits per heavy atom. The molecule has 0 saturated heterocycles. The summed E-state index contributed by atoms with van der Waals surface area (Å²) in [6.07, 6.45) is 0.674. The fourth-order valence-electron chi connectivity index (χ4n) is 3.62. The zero-order valence-electron chi connectivity index (χ0n) is 17.6. The number of para-hydroxylation sites is 2. The Bertz CT molecular complexity index is 1180. The summed E-state index contributed by atoms with van der Waals surface area (Å²) in [5.41, 5.74) is 2.95. The van der Waals surface area contributed by atoms with Crippen LogP contribution in [0.5, 0.6) is 5.75 Å². The van der Waals surface area contributed by atoms with E-state index < -0.39 is 0 Å². The molecule has 1 aliphatic rings. The minimum atomic E-state index is -0.216. The lowest BCUT2D eigenvalue weighted by Gasteiger charge is -2.28. The third-order valence-electron chi connectivity index (χ3n) is 5.20. The number of amides is 1. The van der Waals surface area contributed by atoms with Crippen molar-refractivity contribution in [2.75, 3.05) is 24.7 Å². The van der Waals surface area contributed by atoms with Crippen molar-refractivity contribution >= 4 is 35.0 Å². The molecule has 2 N–H and O–H groups in total. The second kappa shape index (κ2) is 10.2. The molecule has 0 unspecified atom stereocenters. The van der Waals surface area contributed by atoms with E-state index in [-0.39, 0.29) is 17.2 Å². The van der Waals surface area contributed by atoms with E-state index in [1.165, 1.54) is 11.8 Å². The molecule has 4 rings (SSSR count). The molecule has 9 heteroatoms. The molecule has 0 atom stereocenters. The van der Waals surface area contributed by atoms with Crippen LogP contribution in [0, 0.1) is 0 Å². The van der Waals surface area contributed by atoms with Crippen LogP contribution in [0.2, 0.25) is 5.02 Å². The van der Waals surface area contributed by atoms with Crippen molar-refractivity contribution < 1.29 is 9.53 Å². The topological polar surface area (TPSA) is 87.3 Å². The lowest BCUT2D eigenvalue weighted by molar-refractivity contribution is -0.113. The Labute approximate surface area is 195 Å². The van der Waals surface area contributed by atoms with E-state index in [9.17, 15) is 9.59 Å².